The molecule has 0 atom stereocenters. The Morgan fingerprint density at radius 3 is 2.65 bits per heavy atom. The Hall–Kier alpha value is -2.01. The van der Waals surface area contributed by atoms with Gasteiger partial charge in [0, 0.05) is 32.2 Å². The van der Waals surface area contributed by atoms with Crippen LogP contribution in [-0.2, 0) is 18.4 Å². The topological polar surface area (TPSA) is 50.2 Å². The van der Waals surface area contributed by atoms with E-state index in [0.717, 1.165) is 11.5 Å². The number of para-hydroxylation sites is 1. The van der Waals surface area contributed by atoms with Gasteiger partial charge in [-0.05, 0) is 12.1 Å². The van der Waals surface area contributed by atoms with Crippen molar-refractivity contribution in [3.05, 3.63) is 48.5 Å². The third kappa shape index (κ3) is 4.28. The first-order valence-corrected chi connectivity index (χ1v) is 6.16. The van der Waals surface area contributed by atoms with Gasteiger partial charge in [-0.15, -0.1) is 12.4 Å². The van der Waals surface area contributed by atoms with Gasteiger partial charge in [-0.2, -0.15) is 0 Å². The molecule has 0 unspecified atom stereocenters. The molecule has 1 aromatic heterocycles. The number of likely N-dealkylation sites (N-methyl/N-ethyl adjacent to an activating group) is 1. The molecule has 1 N–H and O–H groups in total. The second kappa shape index (κ2) is 7.55. The Morgan fingerprint density at radius 2 is 2.05 bits per heavy atom. The molecule has 1 amide bonds. The molecule has 1 aromatic carbocycles. The average Bonchev–Trinajstić information content (AvgIpc) is 2.82. The zero-order valence-corrected chi connectivity index (χ0v) is 12.4. The van der Waals surface area contributed by atoms with Gasteiger partial charge < -0.3 is 14.8 Å². The first-order valence-electron chi connectivity index (χ1n) is 6.16. The highest BCUT2D eigenvalue weighted by atomic mass is 35.5. The van der Waals surface area contributed by atoms with Gasteiger partial charge in [0.25, 0.3) is 0 Å². The number of rotatable bonds is 5. The van der Waals surface area contributed by atoms with Crippen molar-refractivity contribution in [3.8, 4) is 0 Å². The van der Waals surface area contributed by atoms with E-state index in [-0.39, 0.29) is 24.9 Å². The molecule has 0 aliphatic heterocycles. The number of hydrogen-bond donors (Lipinski definition) is 1. The molecule has 0 fully saturated rings. The van der Waals surface area contributed by atoms with Crippen molar-refractivity contribution in [3.63, 3.8) is 0 Å². The molecule has 2 aromatic rings. The Labute approximate surface area is 125 Å². The summed E-state index contributed by atoms with van der Waals surface area (Å²) in [5.41, 5.74) is 0.946. The minimum Gasteiger partial charge on any atom is -0.376 e. The van der Waals surface area contributed by atoms with E-state index in [0.29, 0.717) is 6.54 Å². The van der Waals surface area contributed by atoms with Crippen LogP contribution >= 0.6 is 12.4 Å². The van der Waals surface area contributed by atoms with Gasteiger partial charge in [0.2, 0.25) is 5.91 Å². The Balaban J connectivity index is 0.00000200. The molecule has 0 saturated carbocycles. The summed E-state index contributed by atoms with van der Waals surface area (Å²) in [6, 6.07) is 9.69. The monoisotopic (exact) mass is 294 g/mol. The lowest BCUT2D eigenvalue weighted by Crippen LogP contribution is -2.32. The summed E-state index contributed by atoms with van der Waals surface area (Å²) in [6.45, 7) is 0.795. The molecule has 0 spiro atoms. The summed E-state index contributed by atoms with van der Waals surface area (Å²) in [7, 11) is 3.70. The van der Waals surface area contributed by atoms with E-state index >= 15 is 0 Å². The molecule has 6 heteroatoms. The summed E-state index contributed by atoms with van der Waals surface area (Å²) in [5.74, 6) is 0.905. The van der Waals surface area contributed by atoms with Crippen molar-refractivity contribution in [2.45, 2.75) is 6.54 Å². The van der Waals surface area contributed by atoms with Crippen molar-refractivity contribution >= 4 is 24.0 Å². The largest absolute Gasteiger partial charge is 0.376 e. The number of carbonyl (C=O) groups excluding carboxylic acids is 1. The van der Waals surface area contributed by atoms with Crippen LogP contribution in [0.5, 0.6) is 0 Å². The molecule has 5 nitrogen and oxygen atoms in total. The van der Waals surface area contributed by atoms with E-state index in [9.17, 15) is 4.79 Å². The number of nitrogens with zero attached hydrogens (tertiary/aromatic N) is 3. The lowest BCUT2D eigenvalue weighted by molar-refractivity contribution is -0.128. The number of amides is 1. The van der Waals surface area contributed by atoms with E-state index in [1.54, 1.807) is 18.1 Å². The SMILES string of the molecule is CN(Cc1nccn1C)C(=O)CNc1ccccc1.Cl. The molecule has 0 radical (unpaired) electrons. The van der Waals surface area contributed by atoms with E-state index in [2.05, 4.69) is 10.3 Å². The number of imidazole rings is 1. The number of benzene rings is 1. The molecule has 2 rings (SSSR count). The zero-order valence-electron chi connectivity index (χ0n) is 11.6. The van der Waals surface area contributed by atoms with Crippen molar-refractivity contribution in [2.75, 3.05) is 18.9 Å². The summed E-state index contributed by atoms with van der Waals surface area (Å²) in [6.07, 6.45) is 3.60. The fourth-order valence-corrected chi connectivity index (χ4v) is 1.72. The van der Waals surface area contributed by atoms with Crippen molar-refractivity contribution in [2.24, 2.45) is 7.05 Å². The van der Waals surface area contributed by atoms with E-state index in [1.807, 2.05) is 48.1 Å². The number of aryl methyl sites for hydroxylation is 1. The van der Waals surface area contributed by atoms with Crippen molar-refractivity contribution < 1.29 is 4.79 Å². The molecule has 0 bridgehead atoms. The van der Waals surface area contributed by atoms with Gasteiger partial charge in [-0.1, -0.05) is 18.2 Å². The molecule has 20 heavy (non-hydrogen) atoms. The van der Waals surface area contributed by atoms with Crippen LogP contribution in [0.3, 0.4) is 0 Å². The highest BCUT2D eigenvalue weighted by Gasteiger charge is 2.11. The summed E-state index contributed by atoms with van der Waals surface area (Å²) in [4.78, 5) is 17.9. The van der Waals surface area contributed by atoms with Crippen LogP contribution in [0.1, 0.15) is 5.82 Å². The summed E-state index contributed by atoms with van der Waals surface area (Å²) < 4.78 is 1.91. The number of halogens is 1. The first-order chi connectivity index (χ1) is 9.16. The summed E-state index contributed by atoms with van der Waals surface area (Å²) in [5, 5.41) is 3.10. The lowest BCUT2D eigenvalue weighted by Gasteiger charge is -2.17. The van der Waals surface area contributed by atoms with Crippen LogP contribution in [0, 0.1) is 0 Å². The quantitative estimate of drug-likeness (QED) is 0.916. The lowest BCUT2D eigenvalue weighted by atomic mass is 10.3. The zero-order chi connectivity index (χ0) is 13.7. The fraction of sp³-hybridized carbons (Fsp3) is 0.286. The number of hydrogen-bond acceptors (Lipinski definition) is 3. The van der Waals surface area contributed by atoms with E-state index in [1.165, 1.54) is 0 Å². The molecule has 108 valence electrons. The van der Waals surface area contributed by atoms with Crippen LogP contribution in [0.2, 0.25) is 0 Å². The maximum absolute atomic E-state index is 12.0. The van der Waals surface area contributed by atoms with Gasteiger partial charge in [-0.3, -0.25) is 4.79 Å². The van der Waals surface area contributed by atoms with Gasteiger partial charge in [0.1, 0.15) is 5.82 Å². The summed E-state index contributed by atoms with van der Waals surface area (Å²) >= 11 is 0. The van der Waals surface area contributed by atoms with E-state index in [4.69, 9.17) is 0 Å². The van der Waals surface area contributed by atoms with Crippen LogP contribution in [0.4, 0.5) is 5.69 Å². The number of anilines is 1. The molecule has 0 saturated heterocycles. The third-order valence-electron chi connectivity index (χ3n) is 2.94. The predicted octanol–water partition coefficient (Wildman–Crippen LogP) is 1.91. The van der Waals surface area contributed by atoms with Crippen LogP contribution < -0.4 is 5.32 Å². The van der Waals surface area contributed by atoms with Crippen LogP contribution in [0.15, 0.2) is 42.7 Å². The normalized spacial score (nSPS) is 9.70. The molecular weight excluding hydrogens is 276 g/mol. The van der Waals surface area contributed by atoms with Crippen LogP contribution in [0.25, 0.3) is 0 Å². The number of aromatic nitrogens is 2. The fourth-order valence-electron chi connectivity index (χ4n) is 1.72. The number of carbonyl (C=O) groups is 1. The molecular formula is C14H19ClN4O. The Bertz CT molecular complexity index is 541. The average molecular weight is 295 g/mol. The maximum Gasteiger partial charge on any atom is 0.242 e. The van der Waals surface area contributed by atoms with Crippen LogP contribution in [-0.4, -0.2) is 34.0 Å². The smallest absolute Gasteiger partial charge is 0.242 e. The van der Waals surface area contributed by atoms with Gasteiger partial charge >= 0.3 is 0 Å². The van der Waals surface area contributed by atoms with Gasteiger partial charge in [0.05, 0.1) is 13.1 Å². The molecule has 1 heterocycles. The minimum atomic E-state index is 0. The van der Waals surface area contributed by atoms with Crippen molar-refractivity contribution in [1.82, 2.24) is 14.5 Å². The van der Waals surface area contributed by atoms with Gasteiger partial charge in [0.15, 0.2) is 0 Å². The second-order valence-electron chi connectivity index (χ2n) is 4.42. The number of nitrogens with one attached hydrogen (secondary N) is 1. The highest BCUT2D eigenvalue weighted by Crippen LogP contribution is 2.05. The van der Waals surface area contributed by atoms with E-state index < -0.39 is 0 Å². The Morgan fingerprint density at radius 1 is 1.35 bits per heavy atom. The third-order valence-corrected chi connectivity index (χ3v) is 2.94. The minimum absolute atomic E-state index is 0. The molecule has 0 aliphatic rings. The second-order valence-corrected chi connectivity index (χ2v) is 4.42. The highest BCUT2D eigenvalue weighted by molar-refractivity contribution is 5.85. The first kappa shape index (κ1) is 16.0. The Kier molecular flexibility index (Phi) is 6.06. The maximum atomic E-state index is 12.0. The predicted molar refractivity (Wildman–Crippen MR) is 81.9 cm³/mol. The van der Waals surface area contributed by atoms with Gasteiger partial charge in [-0.25, -0.2) is 4.98 Å². The molecule has 0 aliphatic carbocycles. The standard InChI is InChI=1S/C14H18N4O.ClH/c1-17-9-8-15-13(17)11-18(2)14(19)10-16-12-6-4-3-5-7-12;/h3-9,16H,10-11H2,1-2H3;1H. The van der Waals surface area contributed by atoms with Crippen molar-refractivity contribution in [1.29, 1.82) is 0 Å².